The van der Waals surface area contributed by atoms with Gasteiger partial charge in [-0.2, -0.15) is 44.5 Å². The number of hydrogen-bond acceptors (Lipinski definition) is 11. The number of thiophene rings is 1. The van der Waals surface area contributed by atoms with Crippen molar-refractivity contribution in [2.75, 3.05) is 37.7 Å². The summed E-state index contributed by atoms with van der Waals surface area (Å²) in [6.07, 6.45) is -14.8. The average molecular weight is 746 g/mol. The number of carbonyl (C=O) groups is 2. The van der Waals surface area contributed by atoms with Gasteiger partial charge >= 0.3 is 30.5 Å². The van der Waals surface area contributed by atoms with Crippen LogP contribution < -0.4 is 20.7 Å². The minimum atomic E-state index is -5.08. The van der Waals surface area contributed by atoms with Crippen LogP contribution >= 0.6 is 11.3 Å². The van der Waals surface area contributed by atoms with Gasteiger partial charge in [-0.15, -0.1) is 11.3 Å². The van der Waals surface area contributed by atoms with Crippen LogP contribution in [0.25, 0.3) is 31.7 Å². The second-order valence-corrected chi connectivity index (χ2v) is 10.7. The first kappa shape index (κ1) is 39.3. The van der Waals surface area contributed by atoms with E-state index in [1.165, 1.54) is 0 Å². The van der Waals surface area contributed by atoms with Crippen LogP contribution in [0.15, 0.2) is 35.5 Å². The number of rotatable bonds is 5. The molecule has 272 valence electrons. The van der Waals surface area contributed by atoms with Gasteiger partial charge in [0.15, 0.2) is 5.84 Å². The molecule has 3 aromatic heterocycles. The zero-order chi connectivity index (χ0) is 37.6. The first-order valence-electron chi connectivity index (χ1n) is 13.7. The van der Waals surface area contributed by atoms with Gasteiger partial charge in [0.2, 0.25) is 11.8 Å². The maximum absolute atomic E-state index is 14.4. The summed E-state index contributed by atoms with van der Waals surface area (Å²) in [5.74, 6) is -5.03. The Kier molecular flexibility index (Phi) is 12.2. The number of halogens is 9. The van der Waals surface area contributed by atoms with Crippen LogP contribution in [0.1, 0.15) is 18.1 Å². The highest BCUT2D eigenvalue weighted by Gasteiger charge is 2.39. The molecule has 4 heterocycles. The molecule has 6 N–H and O–H groups in total. The summed E-state index contributed by atoms with van der Waals surface area (Å²) in [5, 5.41) is 29.2. The molecule has 1 aromatic carbocycles. The van der Waals surface area contributed by atoms with Crippen molar-refractivity contribution in [3.05, 3.63) is 41.5 Å². The maximum atomic E-state index is 14.4. The lowest BCUT2D eigenvalue weighted by Crippen LogP contribution is -2.44. The normalized spacial score (nSPS) is 14.0. The molecule has 4 aromatic rings. The SMILES string of the molecule is CCOc1nc(N2CCNCC2)nc2c1sc1nc(-c3ccc(C(N)=NO)cc3)cc(C(F)(F)F)c12.O=C(O)C(F)(F)F.O=C(O)C(F)(F)F. The highest BCUT2D eigenvalue weighted by molar-refractivity contribution is 7.25. The van der Waals surface area contributed by atoms with E-state index in [9.17, 15) is 39.5 Å². The number of oxime groups is 1. The van der Waals surface area contributed by atoms with Crippen molar-refractivity contribution in [3.63, 3.8) is 0 Å². The van der Waals surface area contributed by atoms with Crippen LogP contribution in [0.4, 0.5) is 45.5 Å². The molecule has 0 bridgehead atoms. The number of hydrogen-bond donors (Lipinski definition) is 5. The van der Waals surface area contributed by atoms with Crippen molar-refractivity contribution in [1.29, 1.82) is 0 Å². The quantitative estimate of drug-likeness (QED) is 0.0598. The summed E-state index contributed by atoms with van der Waals surface area (Å²) < 4.78 is 113. The fourth-order valence-electron chi connectivity index (χ4n) is 4.08. The molecule has 0 aliphatic carbocycles. The molecule has 13 nitrogen and oxygen atoms in total. The Balaban J connectivity index is 0.000000408. The van der Waals surface area contributed by atoms with Crippen LogP contribution in [0.3, 0.4) is 0 Å². The van der Waals surface area contributed by atoms with E-state index < -0.39 is 36.0 Å². The molecule has 1 aliphatic rings. The fraction of sp³-hybridized carbons (Fsp3) is 0.333. The monoisotopic (exact) mass is 745 g/mol. The van der Waals surface area contributed by atoms with Crippen LogP contribution in [0.2, 0.25) is 0 Å². The smallest absolute Gasteiger partial charge is 0.477 e. The standard InChI is InChI=1S/C23H22F3N7O2S.2C2HF3O2/c1-2-35-20-18-17(30-22(31-20)33-9-7-28-8-10-33)16-14(23(24,25)26)11-15(29-21(16)36-18)12-3-5-13(6-4-12)19(27)32-34;2*3-2(4,5)1(6)7/h3-6,11,28,34H,2,7-10H2,1H3,(H2,27,32);2*(H,6,7). The Labute approximate surface area is 277 Å². The van der Waals surface area contributed by atoms with Gasteiger partial charge in [0, 0.05) is 37.3 Å². The van der Waals surface area contributed by atoms with Crippen molar-refractivity contribution in [2.45, 2.75) is 25.5 Å². The molecule has 1 saturated heterocycles. The van der Waals surface area contributed by atoms with E-state index >= 15 is 0 Å². The van der Waals surface area contributed by atoms with Gasteiger partial charge in [-0.25, -0.2) is 19.6 Å². The van der Waals surface area contributed by atoms with Gasteiger partial charge in [0.05, 0.1) is 23.3 Å². The molecule has 1 fully saturated rings. The Morgan fingerprint density at radius 1 is 0.960 bits per heavy atom. The van der Waals surface area contributed by atoms with Gasteiger partial charge < -0.3 is 36.1 Å². The lowest BCUT2D eigenvalue weighted by molar-refractivity contribution is -0.193. The Morgan fingerprint density at radius 3 is 1.96 bits per heavy atom. The lowest BCUT2D eigenvalue weighted by atomic mass is 10.0. The lowest BCUT2D eigenvalue weighted by Gasteiger charge is -2.27. The largest absolute Gasteiger partial charge is 0.490 e. The molecule has 0 radical (unpaired) electrons. The number of ether oxygens (including phenoxy) is 1. The third-order valence-corrected chi connectivity index (χ3v) is 7.36. The number of pyridine rings is 1. The minimum absolute atomic E-state index is 0.0701. The van der Waals surface area contributed by atoms with Gasteiger partial charge in [-0.3, -0.25) is 0 Å². The first-order valence-corrected chi connectivity index (χ1v) is 14.5. The molecule has 0 spiro atoms. The molecular weight excluding hydrogens is 721 g/mol. The first-order chi connectivity index (χ1) is 23.2. The highest BCUT2D eigenvalue weighted by Crippen LogP contribution is 2.45. The van der Waals surface area contributed by atoms with Crippen molar-refractivity contribution in [3.8, 4) is 17.1 Å². The average Bonchev–Trinajstić information content (AvgIpc) is 3.42. The predicted octanol–water partition coefficient (Wildman–Crippen LogP) is 5.09. The molecule has 5 rings (SSSR count). The molecule has 0 unspecified atom stereocenters. The van der Waals surface area contributed by atoms with Gasteiger partial charge in [-0.05, 0) is 13.0 Å². The number of nitrogens with one attached hydrogen (secondary N) is 1. The van der Waals surface area contributed by atoms with Crippen molar-refractivity contribution < 1.29 is 69.3 Å². The van der Waals surface area contributed by atoms with E-state index in [-0.39, 0.29) is 33.1 Å². The van der Waals surface area contributed by atoms with Gasteiger partial charge in [0.1, 0.15) is 15.0 Å². The van der Waals surface area contributed by atoms with E-state index in [1.54, 1.807) is 31.2 Å². The predicted molar refractivity (Wildman–Crippen MR) is 159 cm³/mol. The van der Waals surface area contributed by atoms with Crippen LogP contribution in [0, 0.1) is 0 Å². The van der Waals surface area contributed by atoms with Crippen LogP contribution in [-0.2, 0) is 15.8 Å². The third kappa shape index (κ3) is 9.71. The molecule has 0 saturated carbocycles. The van der Waals surface area contributed by atoms with E-state index in [0.717, 1.165) is 30.5 Å². The fourth-order valence-corrected chi connectivity index (χ4v) is 5.17. The summed E-state index contributed by atoms with van der Waals surface area (Å²) in [6, 6.07) is 7.27. The number of aromatic nitrogens is 3. The van der Waals surface area contributed by atoms with Crippen LogP contribution in [-0.4, -0.2) is 93.3 Å². The number of amidine groups is 1. The van der Waals surface area contributed by atoms with Crippen molar-refractivity contribution in [1.82, 2.24) is 20.3 Å². The second-order valence-electron chi connectivity index (χ2n) is 9.68. The number of carboxylic acid groups (broad SMARTS) is 2. The van der Waals surface area contributed by atoms with E-state index in [1.807, 2.05) is 4.90 Å². The van der Waals surface area contributed by atoms with Gasteiger partial charge in [0.25, 0.3) is 0 Å². The number of alkyl halides is 9. The summed E-state index contributed by atoms with van der Waals surface area (Å²) in [4.78, 5) is 33.6. The van der Waals surface area contributed by atoms with E-state index in [0.29, 0.717) is 41.5 Å². The number of nitrogens with two attached hydrogens (primary N) is 1. The topological polar surface area (TPSA) is 196 Å². The molecule has 50 heavy (non-hydrogen) atoms. The highest BCUT2D eigenvalue weighted by atomic mass is 32.1. The summed E-state index contributed by atoms with van der Waals surface area (Å²) >= 11 is 1.07. The zero-order valence-electron chi connectivity index (χ0n) is 25.1. The maximum Gasteiger partial charge on any atom is 0.490 e. The number of benzene rings is 1. The number of aliphatic carboxylic acids is 2. The Morgan fingerprint density at radius 2 is 1.50 bits per heavy atom. The van der Waals surface area contributed by atoms with Crippen LogP contribution in [0.5, 0.6) is 5.88 Å². The van der Waals surface area contributed by atoms with E-state index in [4.69, 9.17) is 35.5 Å². The van der Waals surface area contributed by atoms with Crippen molar-refractivity contribution in [2.24, 2.45) is 10.9 Å². The number of anilines is 1. The summed E-state index contributed by atoms with van der Waals surface area (Å²) in [5.41, 5.74) is 5.96. The molecule has 23 heteroatoms. The second kappa shape index (κ2) is 15.6. The molecule has 0 atom stereocenters. The molecule has 0 amide bonds. The number of carboxylic acids is 2. The number of fused-ring (bicyclic) bond motifs is 3. The van der Waals surface area contributed by atoms with Crippen molar-refractivity contribution >= 4 is 55.5 Å². The summed E-state index contributed by atoms with van der Waals surface area (Å²) in [7, 11) is 0. The Hall–Kier alpha value is -5.19. The third-order valence-electron chi connectivity index (χ3n) is 6.30. The summed E-state index contributed by atoms with van der Waals surface area (Å²) in [6.45, 7) is 4.82. The molecule has 1 aliphatic heterocycles. The van der Waals surface area contributed by atoms with Gasteiger partial charge in [-0.1, -0.05) is 29.4 Å². The number of nitrogens with zero attached hydrogens (tertiary/aromatic N) is 5. The molecular formula is C27H24F9N7O6S. The zero-order valence-corrected chi connectivity index (χ0v) is 25.9. The Bertz CT molecular complexity index is 1830. The number of piperazine rings is 1. The minimum Gasteiger partial charge on any atom is -0.477 e. The van der Waals surface area contributed by atoms with E-state index in [2.05, 4.69) is 25.4 Å².